The van der Waals surface area contributed by atoms with E-state index in [1.54, 1.807) is 29.2 Å². The monoisotopic (exact) mass is 483 g/mol. The third-order valence-electron chi connectivity index (χ3n) is 5.23. The summed E-state index contributed by atoms with van der Waals surface area (Å²) in [6.45, 7) is 5.07. The van der Waals surface area contributed by atoms with E-state index in [-0.39, 0.29) is 12.3 Å². The summed E-state index contributed by atoms with van der Waals surface area (Å²) >= 11 is 3.53. The van der Waals surface area contributed by atoms with Crippen molar-refractivity contribution in [3.63, 3.8) is 0 Å². The largest absolute Gasteiger partial charge is 0.493 e. The number of amides is 1. The number of rotatable bonds is 7. The van der Waals surface area contributed by atoms with E-state index in [0.29, 0.717) is 48.1 Å². The fraction of sp³-hybridized carbons (Fsp3) is 0.250. The van der Waals surface area contributed by atoms with Gasteiger partial charge in [0.1, 0.15) is 11.5 Å². The van der Waals surface area contributed by atoms with Gasteiger partial charge in [0.2, 0.25) is 0 Å². The molecular weight excluding hydrogens is 462 g/mol. The zero-order valence-electron chi connectivity index (χ0n) is 17.3. The number of hydrogen-bond acceptors (Lipinski definition) is 4. The SMILES string of the molecule is CCOc1c2c(c(OCC)c3ccc(Br)cc13)C(=O)N(c1ccc(CC(=O)O)cc1)C2. The van der Waals surface area contributed by atoms with Gasteiger partial charge < -0.3 is 19.5 Å². The number of carbonyl (C=O) groups excluding carboxylic acids is 1. The van der Waals surface area contributed by atoms with Gasteiger partial charge in [-0.3, -0.25) is 9.59 Å². The Hall–Kier alpha value is -3.06. The van der Waals surface area contributed by atoms with Gasteiger partial charge in [-0.05, 0) is 49.7 Å². The lowest BCUT2D eigenvalue weighted by molar-refractivity contribution is -0.136. The van der Waals surface area contributed by atoms with E-state index in [1.807, 2.05) is 32.0 Å². The number of carboxylic acid groups (broad SMARTS) is 1. The number of fused-ring (bicyclic) bond motifs is 2. The molecule has 1 heterocycles. The summed E-state index contributed by atoms with van der Waals surface area (Å²) in [6.07, 6.45) is -0.0578. The lowest BCUT2D eigenvalue weighted by atomic mass is 9.99. The third-order valence-corrected chi connectivity index (χ3v) is 5.72. The zero-order chi connectivity index (χ0) is 22.1. The Balaban J connectivity index is 1.85. The van der Waals surface area contributed by atoms with Gasteiger partial charge in [0.05, 0.1) is 31.7 Å². The van der Waals surface area contributed by atoms with Gasteiger partial charge in [0.15, 0.2) is 0 Å². The molecule has 0 bridgehead atoms. The van der Waals surface area contributed by atoms with Gasteiger partial charge in [-0.25, -0.2) is 0 Å². The van der Waals surface area contributed by atoms with E-state index in [9.17, 15) is 9.59 Å². The van der Waals surface area contributed by atoms with Gasteiger partial charge in [-0.15, -0.1) is 0 Å². The maximum Gasteiger partial charge on any atom is 0.307 e. The van der Waals surface area contributed by atoms with Crippen LogP contribution in [0.25, 0.3) is 10.8 Å². The lowest BCUT2D eigenvalue weighted by Crippen LogP contribution is -2.23. The summed E-state index contributed by atoms with van der Waals surface area (Å²) in [5.74, 6) is 0.210. The molecule has 6 nitrogen and oxygen atoms in total. The summed E-state index contributed by atoms with van der Waals surface area (Å²) < 4.78 is 12.9. The molecule has 7 heteroatoms. The number of carbonyl (C=O) groups is 2. The molecule has 4 rings (SSSR count). The fourth-order valence-corrected chi connectivity index (χ4v) is 4.33. The number of halogens is 1. The summed E-state index contributed by atoms with van der Waals surface area (Å²) in [6, 6.07) is 12.9. The summed E-state index contributed by atoms with van der Waals surface area (Å²) in [5, 5.41) is 10.7. The highest BCUT2D eigenvalue weighted by atomic mass is 79.9. The molecular formula is C24H22BrNO5. The second-order valence-corrected chi connectivity index (χ2v) is 8.11. The van der Waals surface area contributed by atoms with Crippen LogP contribution in [0.1, 0.15) is 35.3 Å². The Labute approximate surface area is 188 Å². The number of benzene rings is 3. The summed E-state index contributed by atoms with van der Waals surface area (Å²) in [7, 11) is 0. The van der Waals surface area contributed by atoms with Gasteiger partial charge in [0.25, 0.3) is 5.91 Å². The Morgan fingerprint density at radius 1 is 1.03 bits per heavy atom. The minimum atomic E-state index is -0.891. The predicted octanol–water partition coefficient (Wildman–Crippen LogP) is 5.19. The Morgan fingerprint density at radius 3 is 2.35 bits per heavy atom. The zero-order valence-corrected chi connectivity index (χ0v) is 18.9. The molecule has 0 spiro atoms. The average Bonchev–Trinajstić information content (AvgIpc) is 3.08. The topological polar surface area (TPSA) is 76.1 Å². The van der Waals surface area contributed by atoms with E-state index < -0.39 is 5.97 Å². The highest BCUT2D eigenvalue weighted by Crippen LogP contribution is 2.46. The number of aliphatic carboxylic acids is 1. The maximum absolute atomic E-state index is 13.5. The molecule has 1 aliphatic rings. The maximum atomic E-state index is 13.5. The van der Waals surface area contributed by atoms with Crippen LogP contribution in [0, 0.1) is 0 Å². The Kier molecular flexibility index (Phi) is 5.87. The second kappa shape index (κ2) is 8.59. The smallest absolute Gasteiger partial charge is 0.307 e. The highest BCUT2D eigenvalue weighted by molar-refractivity contribution is 9.10. The lowest BCUT2D eigenvalue weighted by Gasteiger charge is -2.17. The number of anilines is 1. The van der Waals surface area contributed by atoms with Crippen molar-refractivity contribution in [1.29, 1.82) is 0 Å². The molecule has 1 aliphatic heterocycles. The molecule has 1 N–H and O–H groups in total. The first-order valence-electron chi connectivity index (χ1n) is 10.1. The van der Waals surface area contributed by atoms with Gasteiger partial charge >= 0.3 is 5.97 Å². The van der Waals surface area contributed by atoms with E-state index in [2.05, 4.69) is 15.9 Å². The molecule has 3 aromatic carbocycles. The molecule has 0 aliphatic carbocycles. The molecule has 0 saturated carbocycles. The van der Waals surface area contributed by atoms with Crippen molar-refractivity contribution in [1.82, 2.24) is 0 Å². The van der Waals surface area contributed by atoms with Crippen LogP contribution >= 0.6 is 15.9 Å². The van der Waals surface area contributed by atoms with Gasteiger partial charge in [-0.2, -0.15) is 0 Å². The molecule has 160 valence electrons. The van der Waals surface area contributed by atoms with E-state index >= 15 is 0 Å². The first-order valence-corrected chi connectivity index (χ1v) is 10.9. The first kappa shape index (κ1) is 21.2. The number of carboxylic acids is 1. The van der Waals surface area contributed by atoms with E-state index in [4.69, 9.17) is 14.6 Å². The van der Waals surface area contributed by atoms with E-state index in [0.717, 1.165) is 20.8 Å². The predicted molar refractivity (Wildman–Crippen MR) is 122 cm³/mol. The average molecular weight is 484 g/mol. The fourth-order valence-electron chi connectivity index (χ4n) is 3.97. The normalized spacial score (nSPS) is 12.9. The molecule has 0 atom stereocenters. The Bertz CT molecular complexity index is 1170. The summed E-state index contributed by atoms with van der Waals surface area (Å²) in [4.78, 5) is 26.1. The minimum Gasteiger partial charge on any atom is -0.493 e. The van der Waals surface area contributed by atoms with Crippen molar-refractivity contribution in [2.45, 2.75) is 26.8 Å². The van der Waals surface area contributed by atoms with Crippen molar-refractivity contribution in [2.75, 3.05) is 18.1 Å². The summed E-state index contributed by atoms with van der Waals surface area (Å²) in [5.41, 5.74) is 2.71. The van der Waals surface area contributed by atoms with Crippen molar-refractivity contribution in [3.8, 4) is 11.5 Å². The van der Waals surface area contributed by atoms with Crippen molar-refractivity contribution >= 4 is 44.3 Å². The van der Waals surface area contributed by atoms with Gasteiger partial charge in [-0.1, -0.05) is 28.1 Å². The minimum absolute atomic E-state index is 0.0578. The van der Waals surface area contributed by atoms with Crippen LogP contribution < -0.4 is 14.4 Å². The van der Waals surface area contributed by atoms with Crippen molar-refractivity contribution in [2.24, 2.45) is 0 Å². The quantitative estimate of drug-likeness (QED) is 0.500. The van der Waals surface area contributed by atoms with Crippen LogP contribution in [0.3, 0.4) is 0 Å². The van der Waals surface area contributed by atoms with Crippen LogP contribution in [0.2, 0.25) is 0 Å². The van der Waals surface area contributed by atoms with Crippen LogP contribution in [-0.4, -0.2) is 30.2 Å². The number of hydrogen-bond donors (Lipinski definition) is 1. The molecule has 0 saturated heterocycles. The molecule has 0 fully saturated rings. The first-order chi connectivity index (χ1) is 14.9. The third kappa shape index (κ3) is 3.85. The number of ether oxygens (including phenoxy) is 2. The van der Waals surface area contributed by atoms with Crippen LogP contribution in [0.15, 0.2) is 46.9 Å². The van der Waals surface area contributed by atoms with Crippen LogP contribution in [0.5, 0.6) is 11.5 Å². The van der Waals surface area contributed by atoms with Gasteiger partial charge in [0, 0.05) is 26.5 Å². The second-order valence-electron chi connectivity index (χ2n) is 7.20. The standard InChI is InChI=1S/C24H22BrNO5/c1-3-30-22-18-12-15(25)7-10-17(18)23(31-4-2)21-19(22)13-26(24(21)29)16-8-5-14(6-9-16)11-20(27)28/h5-10,12H,3-4,11,13H2,1-2H3,(H,27,28). The molecule has 1 amide bonds. The van der Waals surface area contributed by atoms with Crippen molar-refractivity contribution < 1.29 is 24.2 Å². The molecule has 0 unspecified atom stereocenters. The van der Waals surface area contributed by atoms with Crippen LogP contribution in [0.4, 0.5) is 5.69 Å². The Morgan fingerprint density at radius 2 is 1.71 bits per heavy atom. The molecule has 3 aromatic rings. The molecule has 31 heavy (non-hydrogen) atoms. The molecule has 0 radical (unpaired) electrons. The van der Waals surface area contributed by atoms with E-state index in [1.165, 1.54) is 0 Å². The highest BCUT2D eigenvalue weighted by Gasteiger charge is 2.36. The van der Waals surface area contributed by atoms with Crippen LogP contribution in [-0.2, 0) is 17.8 Å². The molecule has 0 aromatic heterocycles. The number of nitrogens with zero attached hydrogens (tertiary/aromatic N) is 1. The van der Waals surface area contributed by atoms with Crippen molar-refractivity contribution in [3.05, 3.63) is 63.6 Å².